The molecule has 0 N–H and O–H groups in total. The van der Waals surface area contributed by atoms with Crippen molar-refractivity contribution in [3.05, 3.63) is 21.7 Å². The fraction of sp³-hybridized carbons (Fsp3) is 0.333. The predicted octanol–water partition coefficient (Wildman–Crippen LogP) is 1.96. The molecule has 1 rings (SSSR count). The molecule has 0 saturated carbocycles. The summed E-state index contributed by atoms with van der Waals surface area (Å²) >= 11 is 0. The molecule has 0 aromatic carbocycles. The van der Waals surface area contributed by atoms with Crippen molar-refractivity contribution in [3.63, 3.8) is 0 Å². The lowest BCUT2D eigenvalue weighted by molar-refractivity contribution is -0.389. The Labute approximate surface area is 104 Å². The lowest BCUT2D eigenvalue weighted by atomic mass is 10.2. The van der Waals surface area contributed by atoms with E-state index < -0.39 is 35.2 Å². The van der Waals surface area contributed by atoms with Crippen LogP contribution in [-0.4, -0.2) is 23.4 Å². The highest BCUT2D eigenvalue weighted by molar-refractivity contribution is 5.48. The molecule has 0 aliphatic heterocycles. The largest absolute Gasteiger partial charge is 0.573 e. The zero-order valence-corrected chi connectivity index (χ0v) is 9.39. The van der Waals surface area contributed by atoms with Gasteiger partial charge in [-0.05, 0) is 4.92 Å². The van der Waals surface area contributed by atoms with Gasteiger partial charge in [0.15, 0.2) is 0 Å². The molecule has 0 unspecified atom stereocenters. The molecule has 0 spiro atoms. The first-order valence-electron chi connectivity index (χ1n) is 4.63. The monoisotopic (exact) mass is 277 g/mol. The average molecular weight is 277 g/mol. The van der Waals surface area contributed by atoms with E-state index in [1.807, 2.05) is 0 Å². The van der Waals surface area contributed by atoms with Gasteiger partial charge in [0, 0.05) is 16.6 Å². The Kier molecular flexibility index (Phi) is 4.11. The van der Waals surface area contributed by atoms with Gasteiger partial charge >= 0.3 is 18.1 Å². The molecule has 102 valence electrons. The molecule has 1 heterocycles. The second-order valence-corrected chi connectivity index (χ2v) is 3.12. The quantitative estimate of drug-likeness (QED) is 0.616. The summed E-state index contributed by atoms with van der Waals surface area (Å²) in [6, 6.07) is 2.30. The number of rotatable bonds is 4. The molecule has 7 nitrogen and oxygen atoms in total. The minimum absolute atomic E-state index is 0.335. The van der Waals surface area contributed by atoms with Crippen LogP contribution >= 0.6 is 0 Å². The summed E-state index contributed by atoms with van der Waals surface area (Å²) in [6.07, 6.45) is -5.56. The average Bonchev–Trinajstić information content (AvgIpc) is 2.29. The molecule has 0 aliphatic carbocycles. The number of nitro groups is 1. The van der Waals surface area contributed by atoms with Crippen molar-refractivity contribution in [3.8, 4) is 17.7 Å². The number of nitrogens with zero attached hydrogens (tertiary/aromatic N) is 3. The Morgan fingerprint density at radius 1 is 1.58 bits per heavy atom. The van der Waals surface area contributed by atoms with E-state index in [1.165, 1.54) is 0 Å². The van der Waals surface area contributed by atoms with Gasteiger partial charge in [0.25, 0.3) is 0 Å². The van der Waals surface area contributed by atoms with Crippen molar-refractivity contribution in [1.82, 2.24) is 4.98 Å². The number of pyridine rings is 1. The Morgan fingerprint density at radius 2 is 2.21 bits per heavy atom. The Morgan fingerprint density at radius 3 is 2.63 bits per heavy atom. The van der Waals surface area contributed by atoms with E-state index in [0.29, 0.717) is 0 Å². The molecular formula is C9H6F3N3O4. The van der Waals surface area contributed by atoms with Crippen molar-refractivity contribution in [2.75, 3.05) is 7.11 Å². The van der Waals surface area contributed by atoms with Gasteiger partial charge in [0.2, 0.25) is 5.75 Å². The Hall–Kier alpha value is -2.57. The number of methoxy groups -OCH3 is 1. The predicted molar refractivity (Wildman–Crippen MR) is 53.4 cm³/mol. The number of aromatic nitrogens is 1. The molecule has 0 bridgehead atoms. The summed E-state index contributed by atoms with van der Waals surface area (Å²) in [7, 11) is 0.978. The maximum absolute atomic E-state index is 12.2. The molecule has 0 amide bonds. The highest BCUT2D eigenvalue weighted by Crippen LogP contribution is 2.36. The Bertz CT molecular complexity index is 539. The van der Waals surface area contributed by atoms with Crippen LogP contribution in [0.5, 0.6) is 11.6 Å². The number of halogens is 3. The number of nitriles is 1. The smallest absolute Gasteiger partial charge is 0.460 e. The molecule has 0 fully saturated rings. The topological polar surface area (TPSA) is 98.3 Å². The van der Waals surface area contributed by atoms with Crippen molar-refractivity contribution in [2.24, 2.45) is 0 Å². The summed E-state index contributed by atoms with van der Waals surface area (Å²) in [6.45, 7) is 0. The van der Waals surface area contributed by atoms with E-state index in [-0.39, 0.29) is 5.56 Å². The molecule has 1 aromatic rings. The molecule has 0 atom stereocenters. The summed E-state index contributed by atoms with van der Waals surface area (Å²) in [5.74, 6) is -2.31. The first-order chi connectivity index (χ1) is 8.78. The van der Waals surface area contributed by atoms with Gasteiger partial charge < -0.3 is 19.6 Å². The van der Waals surface area contributed by atoms with Gasteiger partial charge in [-0.15, -0.1) is 13.2 Å². The third kappa shape index (κ3) is 3.70. The van der Waals surface area contributed by atoms with E-state index >= 15 is 0 Å². The fourth-order valence-electron chi connectivity index (χ4n) is 1.22. The molecule has 0 radical (unpaired) electrons. The summed E-state index contributed by atoms with van der Waals surface area (Å²) < 4.78 is 44.8. The van der Waals surface area contributed by atoms with E-state index in [1.54, 1.807) is 6.07 Å². The summed E-state index contributed by atoms with van der Waals surface area (Å²) in [5, 5.41) is 19.1. The molecule has 1 aromatic heterocycles. The maximum Gasteiger partial charge on any atom is 0.573 e. The highest BCUT2D eigenvalue weighted by atomic mass is 19.4. The summed E-state index contributed by atoms with van der Waals surface area (Å²) in [5.41, 5.74) is -0.335. The van der Waals surface area contributed by atoms with Crippen molar-refractivity contribution in [1.29, 1.82) is 5.26 Å². The minimum Gasteiger partial charge on any atom is -0.460 e. The fourth-order valence-corrected chi connectivity index (χ4v) is 1.22. The molecule has 10 heteroatoms. The second kappa shape index (κ2) is 5.38. The zero-order chi connectivity index (χ0) is 14.6. The van der Waals surface area contributed by atoms with Gasteiger partial charge in [-0.25, -0.2) is 0 Å². The highest BCUT2D eigenvalue weighted by Gasteiger charge is 2.36. The van der Waals surface area contributed by atoms with Crippen LogP contribution in [0.3, 0.4) is 0 Å². The summed E-state index contributed by atoms with van der Waals surface area (Å²) in [4.78, 5) is 12.9. The molecule has 0 aliphatic rings. The van der Waals surface area contributed by atoms with Gasteiger partial charge in [0.1, 0.15) is 0 Å². The molecular weight excluding hydrogens is 271 g/mol. The van der Waals surface area contributed by atoms with Crippen molar-refractivity contribution in [2.45, 2.75) is 12.8 Å². The maximum atomic E-state index is 12.2. The van der Waals surface area contributed by atoms with Crippen molar-refractivity contribution < 1.29 is 27.6 Å². The second-order valence-electron chi connectivity index (χ2n) is 3.12. The first kappa shape index (κ1) is 14.5. The SMILES string of the molecule is COc1nc([N+](=O)[O-])cc(CC#N)c1OC(F)(F)F. The van der Waals surface area contributed by atoms with Crippen LogP contribution in [0.4, 0.5) is 19.0 Å². The third-order valence-electron chi connectivity index (χ3n) is 1.87. The normalized spacial score (nSPS) is 10.7. The van der Waals surface area contributed by atoms with Gasteiger partial charge in [-0.2, -0.15) is 5.26 Å². The van der Waals surface area contributed by atoms with Gasteiger partial charge in [-0.3, -0.25) is 0 Å². The number of hydrogen-bond donors (Lipinski definition) is 0. The number of hydrogen-bond acceptors (Lipinski definition) is 6. The third-order valence-corrected chi connectivity index (χ3v) is 1.87. The number of alkyl halides is 3. The first-order valence-corrected chi connectivity index (χ1v) is 4.63. The van der Waals surface area contributed by atoms with E-state index in [9.17, 15) is 23.3 Å². The van der Waals surface area contributed by atoms with Crippen LogP contribution in [0.15, 0.2) is 6.07 Å². The van der Waals surface area contributed by atoms with Crippen LogP contribution < -0.4 is 9.47 Å². The lowest BCUT2D eigenvalue weighted by Crippen LogP contribution is -2.19. The van der Waals surface area contributed by atoms with E-state index in [2.05, 4.69) is 14.5 Å². The van der Waals surface area contributed by atoms with Gasteiger partial charge in [-0.1, -0.05) is 0 Å². The molecule has 0 saturated heterocycles. The van der Waals surface area contributed by atoms with Crippen LogP contribution in [0, 0.1) is 21.4 Å². The van der Waals surface area contributed by atoms with Gasteiger partial charge in [0.05, 0.1) is 19.6 Å². The Balaban J connectivity index is 3.41. The lowest BCUT2D eigenvalue weighted by Gasteiger charge is -2.12. The van der Waals surface area contributed by atoms with Crippen LogP contribution in [0.2, 0.25) is 0 Å². The van der Waals surface area contributed by atoms with Crippen LogP contribution in [0.25, 0.3) is 0 Å². The van der Waals surface area contributed by atoms with E-state index in [0.717, 1.165) is 13.2 Å². The van der Waals surface area contributed by atoms with Crippen LogP contribution in [0.1, 0.15) is 5.56 Å². The number of ether oxygens (including phenoxy) is 2. The zero-order valence-electron chi connectivity index (χ0n) is 9.39. The minimum atomic E-state index is -5.03. The van der Waals surface area contributed by atoms with E-state index in [4.69, 9.17) is 5.26 Å². The van der Waals surface area contributed by atoms with Crippen molar-refractivity contribution >= 4 is 5.82 Å². The standard InChI is InChI=1S/C9H6F3N3O4/c1-18-8-7(19-9(10,11)12)5(2-3-13)4-6(14-8)15(16)17/h4H,2H2,1H3. The van der Waals surface area contributed by atoms with Crippen LogP contribution in [-0.2, 0) is 6.42 Å². The molecule has 19 heavy (non-hydrogen) atoms.